The monoisotopic (exact) mass is 742 g/mol. The molecule has 52 heavy (non-hydrogen) atoms. The van der Waals surface area contributed by atoms with Crippen LogP contribution in [-0.2, 0) is 29.4 Å². The summed E-state index contributed by atoms with van der Waals surface area (Å²) in [5.74, 6) is -0.898. The molecule has 0 aromatic heterocycles. The highest BCUT2D eigenvalue weighted by atomic mass is 32.2. The smallest absolute Gasteiger partial charge is 0.504 e. The second-order valence-corrected chi connectivity index (χ2v) is 15.3. The topological polar surface area (TPSA) is 115 Å². The van der Waals surface area contributed by atoms with E-state index in [-0.39, 0.29) is 11.5 Å². The van der Waals surface area contributed by atoms with Crippen LogP contribution in [0.4, 0.5) is 13.2 Å². The van der Waals surface area contributed by atoms with Crippen LogP contribution in [-0.4, -0.2) is 33.8 Å². The van der Waals surface area contributed by atoms with Crippen LogP contribution < -0.4 is 0 Å². The molecule has 0 atom stereocenters. The summed E-state index contributed by atoms with van der Waals surface area (Å²) in [6.07, 6.45) is 20.4. The molecule has 4 aromatic carbocycles. The Balaban J connectivity index is 0.000000677. The van der Waals surface area contributed by atoms with E-state index in [4.69, 9.17) is 13.0 Å². The number of aromatic hydroxyl groups is 3. The fourth-order valence-electron chi connectivity index (χ4n) is 7.37. The second kappa shape index (κ2) is 18.8. The lowest BCUT2D eigenvalue weighted by molar-refractivity contribution is -0.0510. The van der Waals surface area contributed by atoms with Crippen molar-refractivity contribution >= 4 is 20.9 Å². The maximum atomic E-state index is 11.6. The number of phenols is 3. The summed E-state index contributed by atoms with van der Waals surface area (Å²) in [5, 5.41) is 34.8. The maximum absolute atomic E-state index is 11.6. The van der Waals surface area contributed by atoms with Gasteiger partial charge in [0, 0.05) is 10.9 Å². The molecule has 1 aliphatic rings. The largest absolute Gasteiger partial charge is 0.522 e. The van der Waals surface area contributed by atoms with Crippen molar-refractivity contribution in [2.24, 2.45) is 0 Å². The van der Waals surface area contributed by atoms with Gasteiger partial charge in [0.15, 0.2) is 11.5 Å². The first-order valence-corrected chi connectivity index (χ1v) is 20.2. The van der Waals surface area contributed by atoms with E-state index in [9.17, 15) is 28.5 Å². The number of fused-ring (bicyclic) bond motifs is 4. The van der Waals surface area contributed by atoms with Gasteiger partial charge in [0.25, 0.3) is 0 Å². The zero-order valence-electron chi connectivity index (χ0n) is 30.4. The molecule has 0 radical (unpaired) electrons. The minimum atomic E-state index is -5.84. The third kappa shape index (κ3) is 10.0. The molecule has 0 spiro atoms. The molecule has 4 N–H and O–H groups in total. The SMILES string of the molecule is CCCCCCCCCc1cc2c(c(-c3c(O)c(O)c(O)c4ccccc34)c1CCCCCCCCC)Cc1ccccc1-2.O=S(=O)(O)C(F)(F)F. The van der Waals surface area contributed by atoms with Gasteiger partial charge in [-0.25, -0.2) is 0 Å². The van der Waals surface area contributed by atoms with Gasteiger partial charge in [0.1, 0.15) is 0 Å². The Bertz CT molecular complexity index is 1900. The number of halogens is 3. The minimum Gasteiger partial charge on any atom is -0.504 e. The molecule has 4 aromatic rings. The first-order valence-electron chi connectivity index (χ1n) is 18.8. The van der Waals surface area contributed by atoms with Crippen LogP contribution in [0.2, 0.25) is 0 Å². The summed E-state index contributed by atoms with van der Waals surface area (Å²) in [7, 11) is -5.84. The fraction of sp³-hybridized carbons (Fsp3) is 0.476. The van der Waals surface area contributed by atoms with Crippen LogP contribution in [0.5, 0.6) is 17.2 Å². The molecule has 0 aliphatic heterocycles. The molecule has 0 unspecified atom stereocenters. The first-order chi connectivity index (χ1) is 24.8. The third-order valence-corrected chi connectivity index (χ3v) is 10.7. The van der Waals surface area contributed by atoms with Crippen molar-refractivity contribution in [3.8, 4) is 39.5 Å². The summed E-state index contributed by atoms with van der Waals surface area (Å²) in [6.45, 7) is 4.53. The van der Waals surface area contributed by atoms with E-state index in [0.717, 1.165) is 43.1 Å². The van der Waals surface area contributed by atoms with Gasteiger partial charge < -0.3 is 15.3 Å². The number of hydrogen-bond donors (Lipinski definition) is 4. The number of hydrogen-bond acceptors (Lipinski definition) is 5. The number of unbranched alkanes of at least 4 members (excludes halogenated alkanes) is 12. The number of alkyl halides is 3. The standard InChI is InChI=1S/C41H52O3.CHF3O3S/c1-3-5-7-9-11-13-15-21-30-27-35-31-23-18-17-22-29(31)28-36(35)37(32(30)24-16-14-12-10-8-6-4-2)38-33-25-19-20-26-34(33)39(42)41(44)40(38)43;2-1(3,4)8(5,6)7/h17-20,22-23,25-27,42-44H,3-16,21,24,28H2,1-2H3;(H,5,6,7). The number of phenolic OH excluding ortho intramolecular Hbond substituents is 3. The highest BCUT2D eigenvalue weighted by Gasteiger charge is 2.44. The lowest BCUT2D eigenvalue weighted by Crippen LogP contribution is -2.21. The molecule has 5 rings (SSSR count). The summed E-state index contributed by atoms with van der Waals surface area (Å²) < 4.78 is 57.5. The van der Waals surface area contributed by atoms with Gasteiger partial charge in [0.05, 0.1) is 0 Å². The van der Waals surface area contributed by atoms with E-state index >= 15 is 0 Å². The van der Waals surface area contributed by atoms with Gasteiger partial charge in [0.2, 0.25) is 5.75 Å². The average Bonchev–Trinajstić information content (AvgIpc) is 3.48. The Hall–Kier alpha value is -3.76. The predicted octanol–water partition coefficient (Wildman–Crippen LogP) is 12.2. The van der Waals surface area contributed by atoms with Crippen molar-refractivity contribution in [2.45, 2.75) is 129 Å². The molecule has 1 aliphatic carbocycles. The lowest BCUT2D eigenvalue weighted by atomic mass is 9.82. The number of rotatable bonds is 17. The normalized spacial score (nSPS) is 12.4. The maximum Gasteiger partial charge on any atom is 0.522 e. The van der Waals surface area contributed by atoms with E-state index in [2.05, 4.69) is 44.2 Å². The Labute approximate surface area is 306 Å². The summed E-state index contributed by atoms with van der Waals surface area (Å²) in [5.41, 5.74) is 3.99. The molecular formula is C42H53F3O6S. The van der Waals surface area contributed by atoms with Crippen molar-refractivity contribution in [3.05, 3.63) is 76.9 Å². The van der Waals surface area contributed by atoms with E-state index in [1.54, 1.807) is 0 Å². The van der Waals surface area contributed by atoms with Crippen molar-refractivity contribution in [1.29, 1.82) is 0 Å². The lowest BCUT2D eigenvalue weighted by Gasteiger charge is -2.23. The Morgan fingerprint density at radius 2 is 1.12 bits per heavy atom. The zero-order valence-corrected chi connectivity index (χ0v) is 31.2. The zero-order chi connectivity index (χ0) is 37.9. The highest BCUT2D eigenvalue weighted by Crippen LogP contribution is 2.54. The van der Waals surface area contributed by atoms with Gasteiger partial charge >= 0.3 is 15.6 Å². The van der Waals surface area contributed by atoms with Crippen LogP contribution in [0.1, 0.15) is 126 Å². The second-order valence-electron chi connectivity index (χ2n) is 13.9. The van der Waals surface area contributed by atoms with Crippen LogP contribution >= 0.6 is 0 Å². The van der Waals surface area contributed by atoms with Gasteiger partial charge in [-0.2, -0.15) is 21.6 Å². The van der Waals surface area contributed by atoms with Gasteiger partial charge in [-0.1, -0.05) is 145 Å². The van der Waals surface area contributed by atoms with E-state index in [1.807, 2.05) is 24.3 Å². The Kier molecular flexibility index (Phi) is 14.8. The summed E-state index contributed by atoms with van der Waals surface area (Å²) in [4.78, 5) is 0. The molecule has 0 saturated heterocycles. The van der Waals surface area contributed by atoms with Crippen LogP contribution in [0, 0.1) is 0 Å². The Morgan fingerprint density at radius 3 is 1.69 bits per heavy atom. The van der Waals surface area contributed by atoms with Crippen molar-refractivity contribution in [3.63, 3.8) is 0 Å². The van der Waals surface area contributed by atoms with Crippen LogP contribution in [0.25, 0.3) is 33.0 Å². The molecule has 0 fully saturated rings. The van der Waals surface area contributed by atoms with Crippen molar-refractivity contribution in [1.82, 2.24) is 0 Å². The highest BCUT2D eigenvalue weighted by molar-refractivity contribution is 7.86. The summed E-state index contributed by atoms with van der Waals surface area (Å²) in [6, 6.07) is 18.8. The summed E-state index contributed by atoms with van der Waals surface area (Å²) >= 11 is 0. The first kappa shape index (κ1) is 41.0. The Morgan fingerprint density at radius 1 is 0.615 bits per heavy atom. The average molecular weight is 743 g/mol. The van der Waals surface area contributed by atoms with Gasteiger partial charge in [-0.3, -0.25) is 4.55 Å². The molecule has 10 heteroatoms. The van der Waals surface area contributed by atoms with Crippen molar-refractivity contribution in [2.75, 3.05) is 0 Å². The molecule has 0 heterocycles. The molecule has 6 nitrogen and oxygen atoms in total. The van der Waals surface area contributed by atoms with Gasteiger partial charge in [-0.05, 0) is 76.4 Å². The van der Waals surface area contributed by atoms with Gasteiger partial charge in [-0.15, -0.1) is 0 Å². The predicted molar refractivity (Wildman–Crippen MR) is 204 cm³/mol. The van der Waals surface area contributed by atoms with E-state index in [1.165, 1.54) is 110 Å². The van der Waals surface area contributed by atoms with E-state index < -0.39 is 21.4 Å². The van der Waals surface area contributed by atoms with E-state index in [0.29, 0.717) is 10.9 Å². The minimum absolute atomic E-state index is 0.215. The van der Waals surface area contributed by atoms with Crippen LogP contribution in [0.3, 0.4) is 0 Å². The molecule has 0 bridgehead atoms. The van der Waals surface area contributed by atoms with Crippen molar-refractivity contribution < 1.29 is 41.5 Å². The molecule has 0 amide bonds. The number of aryl methyl sites for hydroxylation is 1. The number of benzene rings is 4. The quantitative estimate of drug-likeness (QED) is 0.0326. The fourth-order valence-corrected chi connectivity index (χ4v) is 7.37. The molecule has 0 saturated carbocycles. The third-order valence-electron chi connectivity index (χ3n) is 10.1. The van der Waals surface area contributed by atoms with Crippen LogP contribution in [0.15, 0.2) is 54.6 Å². The molecular weight excluding hydrogens is 690 g/mol. The molecule has 284 valence electrons.